The van der Waals surface area contributed by atoms with E-state index < -0.39 is 0 Å². The van der Waals surface area contributed by atoms with Gasteiger partial charge in [0.25, 0.3) is 0 Å². The van der Waals surface area contributed by atoms with Gasteiger partial charge in [-0.25, -0.2) is 9.97 Å². The van der Waals surface area contributed by atoms with Crippen molar-refractivity contribution in [1.82, 2.24) is 20.6 Å². The third kappa shape index (κ3) is 5.44. The largest absolute Gasteiger partial charge is 0.497 e. The van der Waals surface area contributed by atoms with Crippen molar-refractivity contribution in [3.63, 3.8) is 0 Å². The van der Waals surface area contributed by atoms with E-state index >= 15 is 0 Å². The summed E-state index contributed by atoms with van der Waals surface area (Å²) in [6.45, 7) is 2.82. The van der Waals surface area contributed by atoms with Crippen molar-refractivity contribution < 1.29 is 9.53 Å². The SMILES string of the molecule is COc1ccc(-c2cnc(SCC(=O)NCC3CCCNC3)nc2)cc1. The Labute approximate surface area is 158 Å². The van der Waals surface area contributed by atoms with Gasteiger partial charge in [0, 0.05) is 24.5 Å². The smallest absolute Gasteiger partial charge is 0.230 e. The first-order chi connectivity index (χ1) is 12.7. The lowest BCUT2D eigenvalue weighted by Crippen LogP contribution is -2.38. The number of nitrogens with zero attached hydrogens (tertiary/aromatic N) is 2. The summed E-state index contributed by atoms with van der Waals surface area (Å²) in [5.74, 6) is 1.72. The predicted octanol–water partition coefficient (Wildman–Crippen LogP) is 2.36. The van der Waals surface area contributed by atoms with Gasteiger partial charge in [0.05, 0.1) is 12.9 Å². The number of carbonyl (C=O) groups excluding carboxylic acids is 1. The molecule has 1 atom stereocenters. The van der Waals surface area contributed by atoms with Gasteiger partial charge in [-0.1, -0.05) is 23.9 Å². The molecule has 1 fully saturated rings. The van der Waals surface area contributed by atoms with Crippen LogP contribution in [-0.4, -0.2) is 48.4 Å². The first-order valence-corrected chi connectivity index (χ1v) is 9.80. The molecular formula is C19H24N4O2S. The molecule has 1 saturated heterocycles. The van der Waals surface area contributed by atoms with Crippen LogP contribution in [0, 0.1) is 5.92 Å². The number of aromatic nitrogens is 2. The van der Waals surface area contributed by atoms with Crippen LogP contribution in [-0.2, 0) is 4.79 Å². The van der Waals surface area contributed by atoms with Crippen LogP contribution in [0.15, 0.2) is 41.8 Å². The molecule has 2 aromatic rings. The monoisotopic (exact) mass is 372 g/mol. The fourth-order valence-electron chi connectivity index (χ4n) is 2.86. The second-order valence-corrected chi connectivity index (χ2v) is 7.23. The number of ether oxygens (including phenoxy) is 1. The number of thioether (sulfide) groups is 1. The van der Waals surface area contributed by atoms with Gasteiger partial charge in [-0.2, -0.15) is 0 Å². The molecule has 2 heterocycles. The molecule has 0 spiro atoms. The zero-order valence-electron chi connectivity index (χ0n) is 14.9. The van der Waals surface area contributed by atoms with Gasteiger partial charge in [-0.15, -0.1) is 0 Å². The molecule has 138 valence electrons. The maximum Gasteiger partial charge on any atom is 0.230 e. The highest BCUT2D eigenvalue weighted by Gasteiger charge is 2.14. The van der Waals surface area contributed by atoms with Crippen LogP contribution in [0.4, 0.5) is 0 Å². The van der Waals surface area contributed by atoms with Gasteiger partial charge in [0.15, 0.2) is 5.16 Å². The minimum Gasteiger partial charge on any atom is -0.497 e. The van der Waals surface area contributed by atoms with Crippen molar-refractivity contribution in [3.05, 3.63) is 36.7 Å². The Balaban J connectivity index is 1.45. The van der Waals surface area contributed by atoms with Crippen molar-refractivity contribution in [1.29, 1.82) is 0 Å². The molecule has 3 rings (SSSR count). The van der Waals surface area contributed by atoms with E-state index in [-0.39, 0.29) is 5.91 Å². The normalized spacial score (nSPS) is 16.9. The van der Waals surface area contributed by atoms with E-state index in [4.69, 9.17) is 4.74 Å². The molecule has 1 aliphatic rings. The first kappa shape index (κ1) is 18.7. The molecule has 0 aliphatic carbocycles. The molecule has 26 heavy (non-hydrogen) atoms. The zero-order valence-corrected chi connectivity index (χ0v) is 15.7. The Morgan fingerprint density at radius 3 is 2.69 bits per heavy atom. The summed E-state index contributed by atoms with van der Waals surface area (Å²) in [5.41, 5.74) is 1.97. The van der Waals surface area contributed by atoms with Crippen LogP contribution >= 0.6 is 11.8 Å². The fourth-order valence-corrected chi connectivity index (χ4v) is 3.48. The van der Waals surface area contributed by atoms with Crippen molar-refractivity contribution in [2.75, 3.05) is 32.5 Å². The van der Waals surface area contributed by atoms with Crippen molar-refractivity contribution >= 4 is 17.7 Å². The summed E-state index contributed by atoms with van der Waals surface area (Å²) in [5, 5.41) is 6.97. The molecular weight excluding hydrogens is 348 g/mol. The number of hydrogen-bond donors (Lipinski definition) is 2. The number of piperidine rings is 1. The average molecular weight is 372 g/mol. The van der Waals surface area contributed by atoms with Gasteiger partial charge >= 0.3 is 0 Å². The minimum absolute atomic E-state index is 0.0309. The van der Waals surface area contributed by atoms with E-state index in [0.717, 1.165) is 36.5 Å². The van der Waals surface area contributed by atoms with Crippen LogP contribution in [0.25, 0.3) is 11.1 Å². The topological polar surface area (TPSA) is 76.1 Å². The van der Waals surface area contributed by atoms with E-state index in [1.165, 1.54) is 24.6 Å². The van der Waals surface area contributed by atoms with Gasteiger partial charge in [0.2, 0.25) is 5.91 Å². The summed E-state index contributed by atoms with van der Waals surface area (Å²) in [6.07, 6.45) is 5.92. The first-order valence-electron chi connectivity index (χ1n) is 8.81. The standard InChI is InChI=1S/C19H24N4O2S/c1-25-17-6-4-15(5-7-17)16-11-22-19(23-12-16)26-13-18(24)21-10-14-3-2-8-20-9-14/h4-7,11-12,14,20H,2-3,8-10,13H2,1H3,(H,21,24). The number of nitrogens with one attached hydrogen (secondary N) is 2. The Morgan fingerprint density at radius 1 is 1.27 bits per heavy atom. The summed E-state index contributed by atoms with van der Waals surface area (Å²) in [6, 6.07) is 7.75. The summed E-state index contributed by atoms with van der Waals surface area (Å²) in [7, 11) is 1.65. The second-order valence-electron chi connectivity index (χ2n) is 6.29. The van der Waals surface area contributed by atoms with Crippen LogP contribution < -0.4 is 15.4 Å². The molecule has 1 aromatic heterocycles. The van der Waals surface area contributed by atoms with Crippen LogP contribution in [0.1, 0.15) is 12.8 Å². The van der Waals surface area contributed by atoms with Gasteiger partial charge < -0.3 is 15.4 Å². The molecule has 0 saturated carbocycles. The van der Waals surface area contributed by atoms with Crippen molar-refractivity contribution in [2.24, 2.45) is 5.92 Å². The van der Waals surface area contributed by atoms with Crippen LogP contribution in [0.5, 0.6) is 5.75 Å². The molecule has 0 radical (unpaired) electrons. The summed E-state index contributed by atoms with van der Waals surface area (Å²) < 4.78 is 5.16. The molecule has 7 heteroatoms. The zero-order chi connectivity index (χ0) is 18.2. The van der Waals surface area contributed by atoms with Gasteiger partial charge in [-0.3, -0.25) is 4.79 Å². The Morgan fingerprint density at radius 2 is 2.04 bits per heavy atom. The van der Waals surface area contributed by atoms with E-state index in [9.17, 15) is 4.79 Å². The lowest BCUT2D eigenvalue weighted by atomic mass is 10.00. The lowest BCUT2D eigenvalue weighted by molar-refractivity contribution is -0.118. The highest BCUT2D eigenvalue weighted by Crippen LogP contribution is 2.22. The molecule has 0 bridgehead atoms. The quantitative estimate of drug-likeness (QED) is 0.574. The Bertz CT molecular complexity index is 700. The summed E-state index contributed by atoms with van der Waals surface area (Å²) >= 11 is 1.36. The number of methoxy groups -OCH3 is 1. The third-order valence-electron chi connectivity index (χ3n) is 4.37. The minimum atomic E-state index is 0.0309. The lowest BCUT2D eigenvalue weighted by Gasteiger charge is -2.22. The van der Waals surface area contributed by atoms with Crippen LogP contribution in [0.3, 0.4) is 0 Å². The summed E-state index contributed by atoms with van der Waals surface area (Å²) in [4.78, 5) is 20.7. The molecule has 1 amide bonds. The molecule has 1 aromatic carbocycles. The van der Waals surface area contributed by atoms with Gasteiger partial charge in [-0.05, 0) is 49.5 Å². The van der Waals surface area contributed by atoms with Gasteiger partial charge in [0.1, 0.15) is 5.75 Å². The predicted molar refractivity (Wildman–Crippen MR) is 103 cm³/mol. The van der Waals surface area contributed by atoms with E-state index in [1.807, 2.05) is 24.3 Å². The van der Waals surface area contributed by atoms with Crippen LogP contribution in [0.2, 0.25) is 0 Å². The van der Waals surface area contributed by atoms with Crippen molar-refractivity contribution in [3.8, 4) is 16.9 Å². The van der Waals surface area contributed by atoms with E-state index in [1.54, 1.807) is 19.5 Å². The van der Waals surface area contributed by atoms with E-state index in [0.29, 0.717) is 16.8 Å². The maximum atomic E-state index is 12.0. The second kappa shape index (κ2) is 9.54. The fraction of sp³-hybridized carbons (Fsp3) is 0.421. The average Bonchev–Trinajstić information content (AvgIpc) is 2.72. The molecule has 1 unspecified atom stereocenters. The molecule has 1 aliphatic heterocycles. The van der Waals surface area contributed by atoms with E-state index in [2.05, 4.69) is 20.6 Å². The van der Waals surface area contributed by atoms with Crippen molar-refractivity contribution in [2.45, 2.75) is 18.0 Å². The Kier molecular flexibility index (Phi) is 6.85. The molecule has 6 nitrogen and oxygen atoms in total. The number of rotatable bonds is 7. The highest BCUT2D eigenvalue weighted by molar-refractivity contribution is 7.99. The molecule has 2 N–H and O–H groups in total. The maximum absolute atomic E-state index is 12.0. The Hall–Kier alpha value is -2.12. The number of hydrogen-bond acceptors (Lipinski definition) is 6. The number of amides is 1. The number of carbonyl (C=O) groups is 1. The number of benzene rings is 1. The third-order valence-corrected chi connectivity index (χ3v) is 5.25. The highest BCUT2D eigenvalue weighted by atomic mass is 32.2.